The largest absolute Gasteiger partial charge is 0.494 e. The Balaban J connectivity index is 2.23. The number of fused-ring (bicyclic) bond motifs is 1. The maximum absolute atomic E-state index is 12.9. The van der Waals surface area contributed by atoms with Crippen LogP contribution in [0.3, 0.4) is 0 Å². The summed E-state index contributed by atoms with van der Waals surface area (Å²) in [5.41, 5.74) is 1.37. The molecule has 3 rings (SSSR count). The molecule has 0 spiro atoms. The molecule has 0 amide bonds. The lowest BCUT2D eigenvalue weighted by atomic mass is 10.0. The van der Waals surface area contributed by atoms with Gasteiger partial charge in [-0.05, 0) is 38.5 Å². The molecule has 0 aliphatic rings. The zero-order valence-electron chi connectivity index (χ0n) is 14.2. The summed E-state index contributed by atoms with van der Waals surface area (Å²) in [7, 11) is 0. The average molecular weight is 358 g/mol. The molecule has 0 fully saturated rings. The van der Waals surface area contributed by atoms with Crippen molar-refractivity contribution >= 4 is 27.5 Å². The van der Waals surface area contributed by atoms with Gasteiger partial charge in [0.1, 0.15) is 22.9 Å². The molecular weight excluding hydrogens is 340 g/mol. The highest BCUT2D eigenvalue weighted by molar-refractivity contribution is 7.19. The molecule has 130 valence electrons. The lowest BCUT2D eigenvalue weighted by Crippen LogP contribution is -2.27. The lowest BCUT2D eigenvalue weighted by molar-refractivity contribution is -0.137. The number of aromatic nitrogens is 2. The van der Waals surface area contributed by atoms with Crippen molar-refractivity contribution in [3.05, 3.63) is 45.3 Å². The monoisotopic (exact) mass is 358 g/mol. The number of ether oxygens (including phenoxy) is 1. The van der Waals surface area contributed by atoms with Crippen LogP contribution in [0.2, 0.25) is 0 Å². The Hall–Kier alpha value is -2.67. The second-order valence-corrected chi connectivity index (χ2v) is 6.82. The number of carboxylic acid groups (broad SMARTS) is 1. The number of thiophene rings is 1. The third kappa shape index (κ3) is 3.15. The van der Waals surface area contributed by atoms with Crippen molar-refractivity contribution in [2.24, 2.45) is 0 Å². The van der Waals surface area contributed by atoms with Crippen LogP contribution in [0, 0.1) is 13.8 Å². The minimum atomic E-state index is -1.07. The smallest absolute Gasteiger partial charge is 0.323 e. The van der Waals surface area contributed by atoms with Crippen molar-refractivity contribution in [3.63, 3.8) is 0 Å². The Kier molecular flexibility index (Phi) is 4.59. The molecule has 7 heteroatoms. The van der Waals surface area contributed by atoms with Gasteiger partial charge in [-0.15, -0.1) is 11.3 Å². The van der Waals surface area contributed by atoms with Gasteiger partial charge in [0.2, 0.25) is 0 Å². The molecule has 1 N–H and O–H groups in total. The molecule has 3 aromatic rings. The molecule has 0 unspecified atom stereocenters. The van der Waals surface area contributed by atoms with Gasteiger partial charge in [0.15, 0.2) is 0 Å². The van der Waals surface area contributed by atoms with Gasteiger partial charge in [-0.1, -0.05) is 12.1 Å². The van der Waals surface area contributed by atoms with Gasteiger partial charge in [-0.2, -0.15) is 0 Å². The molecule has 1 aromatic carbocycles. The molecule has 0 aliphatic carbocycles. The van der Waals surface area contributed by atoms with Crippen LogP contribution < -0.4 is 10.3 Å². The summed E-state index contributed by atoms with van der Waals surface area (Å²) in [6.07, 6.45) is 0. The predicted octanol–water partition coefficient (Wildman–Crippen LogP) is 3.23. The second kappa shape index (κ2) is 6.68. The van der Waals surface area contributed by atoms with E-state index >= 15 is 0 Å². The average Bonchev–Trinajstić information content (AvgIpc) is 2.88. The van der Waals surface area contributed by atoms with Crippen molar-refractivity contribution in [1.29, 1.82) is 0 Å². The molecule has 2 aromatic heterocycles. The Labute approximate surface area is 148 Å². The van der Waals surface area contributed by atoms with Gasteiger partial charge in [-0.3, -0.25) is 14.2 Å². The quantitative estimate of drug-likeness (QED) is 0.757. The van der Waals surface area contributed by atoms with Crippen LogP contribution in [-0.2, 0) is 11.3 Å². The summed E-state index contributed by atoms with van der Waals surface area (Å²) in [6, 6.07) is 7.53. The molecule has 6 nitrogen and oxygen atoms in total. The first-order valence-electron chi connectivity index (χ1n) is 7.88. The molecule has 2 heterocycles. The van der Waals surface area contributed by atoms with Gasteiger partial charge in [0, 0.05) is 10.4 Å². The van der Waals surface area contributed by atoms with Gasteiger partial charge in [-0.25, -0.2) is 4.98 Å². The Morgan fingerprint density at radius 3 is 2.56 bits per heavy atom. The number of nitrogens with zero attached hydrogens (tertiary/aromatic N) is 2. The number of carboxylic acids is 1. The zero-order valence-corrected chi connectivity index (χ0v) is 15.0. The van der Waals surface area contributed by atoms with Crippen LogP contribution in [0.5, 0.6) is 5.75 Å². The molecule has 25 heavy (non-hydrogen) atoms. The maximum Gasteiger partial charge on any atom is 0.323 e. The highest BCUT2D eigenvalue weighted by Crippen LogP contribution is 2.36. The Morgan fingerprint density at radius 2 is 1.96 bits per heavy atom. The number of aryl methyl sites for hydroxylation is 2. The fourth-order valence-electron chi connectivity index (χ4n) is 2.85. The molecule has 0 radical (unpaired) electrons. The Bertz CT molecular complexity index is 1000. The lowest BCUT2D eigenvalue weighted by Gasteiger charge is -2.08. The van der Waals surface area contributed by atoms with Crippen LogP contribution in [0.1, 0.15) is 17.6 Å². The van der Waals surface area contributed by atoms with Crippen LogP contribution >= 0.6 is 11.3 Å². The van der Waals surface area contributed by atoms with Crippen molar-refractivity contribution in [3.8, 4) is 16.9 Å². The topological polar surface area (TPSA) is 81.4 Å². The highest BCUT2D eigenvalue weighted by atomic mass is 32.1. The number of carbonyl (C=O) groups is 1. The number of hydrogen-bond acceptors (Lipinski definition) is 5. The van der Waals surface area contributed by atoms with Crippen LogP contribution in [0.4, 0.5) is 0 Å². The number of rotatable bonds is 5. The third-order valence-electron chi connectivity index (χ3n) is 3.93. The molecule has 0 bridgehead atoms. The van der Waals surface area contributed by atoms with E-state index in [0.717, 1.165) is 21.8 Å². The van der Waals surface area contributed by atoms with E-state index < -0.39 is 12.5 Å². The number of aliphatic carboxylic acids is 1. The van der Waals surface area contributed by atoms with Crippen LogP contribution in [0.15, 0.2) is 29.1 Å². The summed E-state index contributed by atoms with van der Waals surface area (Å²) >= 11 is 1.44. The van der Waals surface area contributed by atoms with E-state index in [1.54, 1.807) is 6.92 Å². The van der Waals surface area contributed by atoms with Gasteiger partial charge >= 0.3 is 5.97 Å². The second-order valence-electron chi connectivity index (χ2n) is 5.61. The van der Waals surface area contributed by atoms with E-state index in [1.165, 1.54) is 15.9 Å². The number of benzene rings is 1. The van der Waals surface area contributed by atoms with Crippen LogP contribution in [-0.4, -0.2) is 27.2 Å². The highest BCUT2D eigenvalue weighted by Gasteiger charge is 2.19. The van der Waals surface area contributed by atoms with E-state index in [2.05, 4.69) is 4.98 Å². The molecule has 0 saturated carbocycles. The van der Waals surface area contributed by atoms with Gasteiger partial charge < -0.3 is 9.84 Å². The van der Waals surface area contributed by atoms with Crippen LogP contribution in [0.25, 0.3) is 21.3 Å². The fraction of sp³-hybridized carbons (Fsp3) is 0.278. The van der Waals surface area contributed by atoms with E-state index in [-0.39, 0.29) is 5.56 Å². The third-order valence-corrected chi connectivity index (χ3v) is 4.93. The van der Waals surface area contributed by atoms with Crippen molar-refractivity contribution in [2.45, 2.75) is 27.3 Å². The molecule has 0 aliphatic heterocycles. The van der Waals surface area contributed by atoms with Crippen molar-refractivity contribution in [1.82, 2.24) is 9.55 Å². The predicted molar refractivity (Wildman–Crippen MR) is 97.6 cm³/mol. The van der Waals surface area contributed by atoms with Crippen molar-refractivity contribution < 1.29 is 14.6 Å². The first-order valence-corrected chi connectivity index (χ1v) is 8.69. The zero-order chi connectivity index (χ0) is 18.1. The Morgan fingerprint density at radius 1 is 1.28 bits per heavy atom. The first-order chi connectivity index (χ1) is 11.9. The molecule has 0 saturated heterocycles. The standard InChI is InChI=1S/C18H18N2O4S/c1-4-24-13-7-5-12(6-8-13)15-10(2)25-17-16(15)18(23)20(9-14(21)22)11(3)19-17/h5-8H,4,9H2,1-3H3,(H,21,22). The summed E-state index contributed by atoms with van der Waals surface area (Å²) in [6.45, 7) is 5.70. The van der Waals surface area contributed by atoms with Gasteiger partial charge in [0.25, 0.3) is 5.56 Å². The van der Waals surface area contributed by atoms with E-state index in [9.17, 15) is 9.59 Å². The molecule has 0 atom stereocenters. The molecular formula is C18H18N2O4S. The first kappa shape index (κ1) is 17.2. The summed E-state index contributed by atoms with van der Waals surface area (Å²) in [4.78, 5) is 30.0. The van der Waals surface area contributed by atoms with E-state index in [4.69, 9.17) is 9.84 Å². The van der Waals surface area contributed by atoms with Gasteiger partial charge in [0.05, 0.1) is 12.0 Å². The maximum atomic E-state index is 12.9. The number of hydrogen-bond donors (Lipinski definition) is 1. The SMILES string of the molecule is CCOc1ccc(-c2c(C)sc3nc(C)n(CC(=O)O)c(=O)c23)cc1. The summed E-state index contributed by atoms with van der Waals surface area (Å²) in [5, 5.41) is 9.53. The summed E-state index contributed by atoms with van der Waals surface area (Å²) < 4.78 is 6.66. The summed E-state index contributed by atoms with van der Waals surface area (Å²) in [5.74, 6) is 0.0982. The van der Waals surface area contributed by atoms with E-state index in [1.807, 2.05) is 38.1 Å². The van der Waals surface area contributed by atoms with E-state index in [0.29, 0.717) is 22.6 Å². The minimum absolute atomic E-state index is 0.321. The minimum Gasteiger partial charge on any atom is -0.494 e. The van der Waals surface area contributed by atoms with Crippen molar-refractivity contribution in [2.75, 3.05) is 6.61 Å². The fourth-order valence-corrected chi connectivity index (χ4v) is 3.93. The normalized spacial score (nSPS) is 11.0.